The molecule has 1 saturated heterocycles. The molecule has 3 N–H and O–H groups in total. The van der Waals surface area contributed by atoms with E-state index in [9.17, 15) is 9.90 Å². The van der Waals surface area contributed by atoms with Crippen LogP contribution in [0.1, 0.15) is 65.7 Å². The quantitative estimate of drug-likeness (QED) is 0.124. The van der Waals surface area contributed by atoms with Crippen LogP contribution in [0.25, 0.3) is 11.1 Å². The van der Waals surface area contributed by atoms with Crippen LogP contribution in [0.2, 0.25) is 0 Å². The maximum absolute atomic E-state index is 12.4. The fraction of sp³-hybridized carbons (Fsp3) is 0.279. The van der Waals surface area contributed by atoms with Crippen molar-refractivity contribution in [2.45, 2.75) is 58.1 Å². The number of carbonyl (C=O) groups is 1. The Bertz CT molecular complexity index is 1800. The summed E-state index contributed by atoms with van der Waals surface area (Å²) in [5.41, 5.74) is 8.37. The molecule has 2 amide bonds. The van der Waals surface area contributed by atoms with E-state index in [-0.39, 0.29) is 36.8 Å². The highest BCUT2D eigenvalue weighted by Crippen LogP contribution is 2.42. The van der Waals surface area contributed by atoms with Crippen LogP contribution in [0.15, 0.2) is 133 Å². The average molecular weight is 670 g/mol. The first kappa shape index (κ1) is 35.1. The highest BCUT2D eigenvalue weighted by atomic mass is 16.7. The second-order valence-corrected chi connectivity index (χ2v) is 13.2. The summed E-state index contributed by atoms with van der Waals surface area (Å²) in [6, 6.07) is 45.0. The number of aliphatic hydroxyl groups is 1. The van der Waals surface area contributed by atoms with Gasteiger partial charge in [-0.2, -0.15) is 0 Å². The van der Waals surface area contributed by atoms with Crippen molar-refractivity contribution >= 4 is 6.03 Å². The lowest BCUT2D eigenvalue weighted by atomic mass is 9.89. The smallest absolute Gasteiger partial charge is 0.315 e. The minimum Gasteiger partial charge on any atom is -0.392 e. The molecule has 6 rings (SSSR count). The maximum atomic E-state index is 12.4. The van der Waals surface area contributed by atoms with E-state index in [0.29, 0.717) is 13.1 Å². The Morgan fingerprint density at radius 3 is 2.02 bits per heavy atom. The van der Waals surface area contributed by atoms with Crippen LogP contribution in [0.4, 0.5) is 4.79 Å². The number of hydrogen-bond donors (Lipinski definition) is 3. The lowest BCUT2D eigenvalue weighted by Gasteiger charge is -2.43. The van der Waals surface area contributed by atoms with Gasteiger partial charge in [-0.1, -0.05) is 134 Å². The van der Waals surface area contributed by atoms with Gasteiger partial charge in [0.15, 0.2) is 6.29 Å². The molecule has 50 heavy (non-hydrogen) atoms. The molecule has 1 fully saturated rings. The highest BCUT2D eigenvalue weighted by molar-refractivity contribution is 5.74. The standard InChI is InChI=1S/C43H47N3O4/c1-30-40(28-46(3)31(2)35-14-8-5-9-15-35)49-42(50-41(30)37-19-17-33(29-47)18-20-37)38-23-21-36(22-24-38)39-16-10-13-34(25-39)27-45-43(48)44-26-32-11-6-4-7-12-32/h4-25,30-31,40-42,47H,26-29H2,1-3H3,(H2,44,45,48). The summed E-state index contributed by atoms with van der Waals surface area (Å²) in [6.07, 6.45) is -0.806. The molecular formula is C43H47N3O4. The van der Waals surface area contributed by atoms with Crippen molar-refractivity contribution in [3.05, 3.63) is 167 Å². The molecule has 7 nitrogen and oxygen atoms in total. The minimum absolute atomic E-state index is 0.00768. The van der Waals surface area contributed by atoms with E-state index in [4.69, 9.17) is 9.47 Å². The molecule has 5 aromatic rings. The number of rotatable bonds is 12. The van der Waals surface area contributed by atoms with Crippen molar-refractivity contribution in [3.8, 4) is 11.1 Å². The molecule has 5 unspecified atom stereocenters. The first-order valence-electron chi connectivity index (χ1n) is 17.4. The summed E-state index contributed by atoms with van der Waals surface area (Å²) in [4.78, 5) is 14.8. The SMILES string of the molecule is CC1C(CN(C)C(C)c2ccccc2)OC(c2ccc(-c3cccc(CNC(=O)NCc4ccccc4)c3)cc2)OC1c1ccc(CO)cc1. The van der Waals surface area contributed by atoms with Crippen molar-refractivity contribution in [3.63, 3.8) is 0 Å². The topological polar surface area (TPSA) is 83.1 Å². The van der Waals surface area contributed by atoms with Crippen LogP contribution in [0.3, 0.4) is 0 Å². The van der Waals surface area contributed by atoms with Gasteiger partial charge in [-0.3, -0.25) is 4.90 Å². The predicted molar refractivity (Wildman–Crippen MR) is 198 cm³/mol. The fourth-order valence-corrected chi connectivity index (χ4v) is 6.47. The third kappa shape index (κ3) is 8.86. The molecule has 0 aliphatic carbocycles. The Balaban J connectivity index is 1.15. The number of likely N-dealkylation sites (N-methyl/N-ethyl adjacent to an activating group) is 1. The van der Waals surface area contributed by atoms with Crippen LogP contribution < -0.4 is 10.6 Å². The molecule has 258 valence electrons. The molecule has 5 aromatic carbocycles. The van der Waals surface area contributed by atoms with Crippen molar-refractivity contribution in [1.82, 2.24) is 15.5 Å². The van der Waals surface area contributed by atoms with Crippen LogP contribution in [0, 0.1) is 5.92 Å². The zero-order valence-corrected chi connectivity index (χ0v) is 29.0. The number of amides is 2. The van der Waals surface area contributed by atoms with E-state index in [1.54, 1.807) is 0 Å². The van der Waals surface area contributed by atoms with Crippen molar-refractivity contribution in [1.29, 1.82) is 0 Å². The maximum Gasteiger partial charge on any atom is 0.315 e. The van der Waals surface area contributed by atoms with E-state index in [0.717, 1.165) is 45.5 Å². The van der Waals surface area contributed by atoms with Crippen molar-refractivity contribution in [2.24, 2.45) is 5.92 Å². The van der Waals surface area contributed by atoms with Crippen molar-refractivity contribution in [2.75, 3.05) is 13.6 Å². The summed E-state index contributed by atoms with van der Waals surface area (Å²) >= 11 is 0. The normalized spacial score (nSPS) is 19.5. The van der Waals surface area contributed by atoms with E-state index >= 15 is 0 Å². The fourth-order valence-electron chi connectivity index (χ4n) is 6.47. The van der Waals surface area contributed by atoms with E-state index in [2.05, 4.69) is 109 Å². The van der Waals surface area contributed by atoms with Gasteiger partial charge in [-0.25, -0.2) is 4.79 Å². The molecule has 1 aliphatic rings. The molecular weight excluding hydrogens is 622 g/mol. The lowest BCUT2D eigenvalue weighted by molar-refractivity contribution is -0.276. The first-order valence-corrected chi connectivity index (χ1v) is 17.4. The Labute approximate surface area is 295 Å². The molecule has 0 radical (unpaired) electrons. The van der Waals surface area contributed by atoms with Crippen LogP contribution in [-0.2, 0) is 29.2 Å². The molecule has 0 spiro atoms. The van der Waals surface area contributed by atoms with Gasteiger partial charge >= 0.3 is 6.03 Å². The molecule has 7 heteroatoms. The number of ether oxygens (including phenoxy) is 2. The van der Waals surface area contributed by atoms with Gasteiger partial charge in [0, 0.05) is 37.2 Å². The number of nitrogens with zero attached hydrogens (tertiary/aromatic N) is 1. The second-order valence-electron chi connectivity index (χ2n) is 13.2. The zero-order valence-electron chi connectivity index (χ0n) is 29.0. The van der Waals surface area contributed by atoms with Gasteiger partial charge in [0.05, 0.1) is 18.8 Å². The summed E-state index contributed by atoms with van der Waals surface area (Å²) in [6.45, 7) is 6.08. The van der Waals surface area contributed by atoms with Gasteiger partial charge in [-0.05, 0) is 59.0 Å². The third-order valence-electron chi connectivity index (χ3n) is 9.73. The summed E-state index contributed by atoms with van der Waals surface area (Å²) in [5, 5.41) is 15.5. The predicted octanol–water partition coefficient (Wildman–Crippen LogP) is 8.33. The van der Waals surface area contributed by atoms with Crippen LogP contribution >= 0.6 is 0 Å². The van der Waals surface area contributed by atoms with Gasteiger partial charge in [0.2, 0.25) is 0 Å². The number of nitrogens with one attached hydrogen (secondary N) is 2. The lowest BCUT2D eigenvalue weighted by Crippen LogP contribution is -2.44. The Kier molecular flexibility index (Phi) is 11.7. The summed E-state index contributed by atoms with van der Waals surface area (Å²) < 4.78 is 13.5. The van der Waals surface area contributed by atoms with Gasteiger partial charge in [0.1, 0.15) is 0 Å². The first-order chi connectivity index (χ1) is 24.4. The summed E-state index contributed by atoms with van der Waals surface area (Å²) in [5.74, 6) is 0.0905. The van der Waals surface area contributed by atoms with Gasteiger partial charge < -0.3 is 25.2 Å². The van der Waals surface area contributed by atoms with E-state index in [1.807, 2.05) is 60.7 Å². The largest absolute Gasteiger partial charge is 0.392 e. The molecule has 1 aliphatic heterocycles. The van der Waals surface area contributed by atoms with Gasteiger partial charge in [-0.15, -0.1) is 0 Å². The van der Waals surface area contributed by atoms with E-state index < -0.39 is 6.29 Å². The zero-order chi connectivity index (χ0) is 34.9. The number of urea groups is 1. The summed E-state index contributed by atoms with van der Waals surface area (Å²) in [7, 11) is 2.15. The van der Waals surface area contributed by atoms with Gasteiger partial charge in [0.25, 0.3) is 0 Å². The molecule has 1 heterocycles. The second kappa shape index (κ2) is 16.7. The molecule has 0 aromatic heterocycles. The third-order valence-corrected chi connectivity index (χ3v) is 9.73. The highest BCUT2D eigenvalue weighted by Gasteiger charge is 2.39. The number of carbonyl (C=O) groups excluding carboxylic acids is 1. The van der Waals surface area contributed by atoms with Crippen molar-refractivity contribution < 1.29 is 19.4 Å². The number of hydrogen-bond acceptors (Lipinski definition) is 5. The monoisotopic (exact) mass is 669 g/mol. The molecule has 0 saturated carbocycles. The Morgan fingerprint density at radius 2 is 1.34 bits per heavy atom. The number of benzene rings is 5. The number of aliphatic hydroxyl groups excluding tert-OH is 1. The van der Waals surface area contributed by atoms with E-state index in [1.165, 1.54) is 5.56 Å². The Hall–Kier alpha value is -4.79. The molecule has 5 atom stereocenters. The average Bonchev–Trinajstić information content (AvgIpc) is 3.17. The van der Waals surface area contributed by atoms with Crippen LogP contribution in [0.5, 0.6) is 0 Å². The molecule has 0 bridgehead atoms. The Morgan fingerprint density at radius 1 is 0.720 bits per heavy atom. The van der Waals surface area contributed by atoms with Crippen LogP contribution in [-0.4, -0.2) is 35.7 Å². The minimum atomic E-state index is -0.543.